The molecule has 1 aliphatic heterocycles. The van der Waals surface area contributed by atoms with E-state index >= 15 is 0 Å². The Bertz CT molecular complexity index is 1250. The normalized spacial score (nSPS) is 14.9. The summed E-state index contributed by atoms with van der Waals surface area (Å²) in [5, 5.41) is 16.7. The summed E-state index contributed by atoms with van der Waals surface area (Å²) in [5.41, 5.74) is 8.51. The maximum absolute atomic E-state index is 11.5. The number of ether oxygens (including phenoxy) is 4. The number of aromatic amines is 1. The van der Waals surface area contributed by atoms with Crippen LogP contribution < -0.4 is 19.9 Å². The minimum absolute atomic E-state index is 0.00928. The van der Waals surface area contributed by atoms with Crippen molar-refractivity contribution in [3.63, 3.8) is 0 Å². The van der Waals surface area contributed by atoms with Crippen molar-refractivity contribution in [3.8, 4) is 23.4 Å². The number of aromatic nitrogens is 2. The van der Waals surface area contributed by atoms with Crippen LogP contribution in [0.5, 0.6) is 17.4 Å². The summed E-state index contributed by atoms with van der Waals surface area (Å²) >= 11 is 0. The Kier molecular flexibility index (Phi) is 5.47. The second kappa shape index (κ2) is 8.39. The number of nitriles is 1. The van der Waals surface area contributed by atoms with Crippen LogP contribution >= 0.6 is 0 Å². The van der Waals surface area contributed by atoms with E-state index in [0.717, 1.165) is 16.8 Å². The predicted molar refractivity (Wildman–Crippen MR) is 110 cm³/mol. The largest absolute Gasteiger partial charge is 0.493 e. The molecule has 1 unspecified atom stereocenters. The summed E-state index contributed by atoms with van der Waals surface area (Å²) < 4.78 is 26.9. The minimum Gasteiger partial charge on any atom is -0.493 e. The summed E-state index contributed by atoms with van der Waals surface area (Å²) in [6.45, 7) is 1.92. The van der Waals surface area contributed by atoms with E-state index in [0.29, 0.717) is 23.1 Å². The third-order valence-electron chi connectivity index (χ3n) is 5.07. The first kappa shape index (κ1) is 20.9. The molecule has 3 N–H and O–H groups in total. The lowest BCUT2D eigenvalue weighted by Gasteiger charge is -2.24. The van der Waals surface area contributed by atoms with Gasteiger partial charge in [-0.1, -0.05) is 6.07 Å². The third-order valence-corrected chi connectivity index (χ3v) is 5.07. The summed E-state index contributed by atoms with van der Waals surface area (Å²) in [4.78, 5) is 11.5. The van der Waals surface area contributed by atoms with Crippen molar-refractivity contribution in [2.75, 3.05) is 14.2 Å². The van der Waals surface area contributed by atoms with E-state index in [1.54, 1.807) is 18.2 Å². The van der Waals surface area contributed by atoms with Crippen molar-refractivity contribution < 1.29 is 28.2 Å². The van der Waals surface area contributed by atoms with E-state index < -0.39 is 11.9 Å². The molecular weight excluding hydrogens is 416 g/mol. The molecular formula is C22H20N4O6. The molecule has 10 nitrogen and oxygen atoms in total. The number of hydrogen-bond acceptors (Lipinski definition) is 9. The molecule has 1 atom stereocenters. The van der Waals surface area contributed by atoms with Crippen LogP contribution in [0.25, 0.3) is 0 Å². The number of aryl methyl sites for hydroxylation is 1. The molecule has 3 aromatic rings. The number of esters is 1. The summed E-state index contributed by atoms with van der Waals surface area (Å²) in [5.74, 6) is 0.751. The molecule has 3 heterocycles. The van der Waals surface area contributed by atoms with Gasteiger partial charge >= 0.3 is 5.97 Å². The first-order valence-electron chi connectivity index (χ1n) is 9.57. The fourth-order valence-electron chi connectivity index (χ4n) is 3.53. The predicted octanol–water partition coefficient (Wildman–Crippen LogP) is 2.90. The van der Waals surface area contributed by atoms with Crippen LogP contribution in [0.1, 0.15) is 39.1 Å². The zero-order valence-corrected chi connectivity index (χ0v) is 17.6. The Morgan fingerprint density at radius 3 is 2.81 bits per heavy atom. The van der Waals surface area contributed by atoms with Gasteiger partial charge in [-0.2, -0.15) is 5.26 Å². The molecule has 0 saturated carbocycles. The first-order chi connectivity index (χ1) is 15.5. The summed E-state index contributed by atoms with van der Waals surface area (Å²) in [6, 6.07) is 10.6. The number of rotatable bonds is 6. The van der Waals surface area contributed by atoms with Crippen LogP contribution in [0.15, 0.2) is 46.2 Å². The van der Waals surface area contributed by atoms with E-state index in [-0.39, 0.29) is 23.8 Å². The van der Waals surface area contributed by atoms with Crippen molar-refractivity contribution in [3.05, 3.63) is 70.1 Å². The number of furan rings is 1. The van der Waals surface area contributed by atoms with Crippen LogP contribution in [0.4, 0.5) is 0 Å². The lowest BCUT2D eigenvalue weighted by atomic mass is 9.84. The molecule has 0 amide bonds. The van der Waals surface area contributed by atoms with Gasteiger partial charge in [-0.3, -0.25) is 5.10 Å². The minimum atomic E-state index is -0.566. The topological polar surface area (TPSA) is 146 Å². The quantitative estimate of drug-likeness (QED) is 0.557. The fourth-order valence-corrected chi connectivity index (χ4v) is 3.53. The van der Waals surface area contributed by atoms with E-state index in [2.05, 4.69) is 21.0 Å². The van der Waals surface area contributed by atoms with Crippen molar-refractivity contribution in [1.29, 1.82) is 5.26 Å². The highest BCUT2D eigenvalue weighted by molar-refractivity contribution is 5.86. The zero-order chi connectivity index (χ0) is 22.8. The van der Waals surface area contributed by atoms with Crippen LogP contribution in [-0.4, -0.2) is 30.4 Å². The van der Waals surface area contributed by atoms with Gasteiger partial charge in [-0.15, -0.1) is 5.10 Å². The lowest BCUT2D eigenvalue weighted by Crippen LogP contribution is -2.21. The Morgan fingerprint density at radius 2 is 2.09 bits per heavy atom. The number of benzene rings is 1. The number of nitrogens with two attached hydrogens (primary N) is 1. The molecule has 10 heteroatoms. The van der Waals surface area contributed by atoms with Crippen LogP contribution in [-0.2, 0) is 11.3 Å². The molecule has 4 rings (SSSR count). The molecule has 1 aromatic carbocycles. The van der Waals surface area contributed by atoms with Crippen molar-refractivity contribution in [1.82, 2.24) is 10.2 Å². The molecule has 0 bridgehead atoms. The molecule has 0 saturated heterocycles. The van der Waals surface area contributed by atoms with Gasteiger partial charge in [0.1, 0.15) is 24.0 Å². The lowest BCUT2D eigenvalue weighted by molar-refractivity contribution is 0.0561. The average molecular weight is 436 g/mol. The Labute approximate surface area is 183 Å². The van der Waals surface area contributed by atoms with Gasteiger partial charge in [-0.05, 0) is 36.8 Å². The summed E-state index contributed by atoms with van der Waals surface area (Å²) in [7, 11) is 2.79. The van der Waals surface area contributed by atoms with Crippen molar-refractivity contribution in [2.24, 2.45) is 5.73 Å². The molecule has 164 valence electrons. The standard InChI is InChI=1S/C22H20N4O6/c1-11-18-19(14(9-23)20(24)32-21(18)26-25-11)12-4-6-15(17(8-12)28-2)30-10-13-5-7-16(31-13)22(27)29-3/h4-8,19H,10,24H2,1-3H3,(H,25,26). The van der Waals surface area contributed by atoms with Crippen LogP contribution in [0.3, 0.4) is 0 Å². The van der Waals surface area contributed by atoms with E-state index in [1.165, 1.54) is 20.3 Å². The molecule has 0 spiro atoms. The highest BCUT2D eigenvalue weighted by Gasteiger charge is 2.34. The Hall–Kier alpha value is -4.39. The highest BCUT2D eigenvalue weighted by atomic mass is 16.5. The number of methoxy groups -OCH3 is 2. The number of allylic oxidation sites excluding steroid dienone is 1. The van der Waals surface area contributed by atoms with Crippen molar-refractivity contribution in [2.45, 2.75) is 19.4 Å². The number of nitrogens with zero attached hydrogens (tertiary/aromatic N) is 2. The third kappa shape index (κ3) is 3.60. The number of carbonyl (C=O) groups is 1. The van der Waals surface area contributed by atoms with Gasteiger partial charge in [0.25, 0.3) is 0 Å². The highest BCUT2D eigenvalue weighted by Crippen LogP contribution is 2.44. The maximum Gasteiger partial charge on any atom is 0.373 e. The maximum atomic E-state index is 11.5. The van der Waals surface area contributed by atoms with Crippen LogP contribution in [0.2, 0.25) is 0 Å². The molecule has 32 heavy (non-hydrogen) atoms. The Morgan fingerprint density at radius 1 is 1.28 bits per heavy atom. The van der Waals surface area contributed by atoms with Crippen LogP contribution in [0, 0.1) is 18.3 Å². The van der Waals surface area contributed by atoms with E-state index in [9.17, 15) is 10.1 Å². The van der Waals surface area contributed by atoms with Gasteiger partial charge in [0, 0.05) is 11.3 Å². The summed E-state index contributed by atoms with van der Waals surface area (Å²) in [6.07, 6.45) is 0. The second-order valence-electron chi connectivity index (χ2n) is 6.95. The molecule has 0 radical (unpaired) electrons. The van der Waals surface area contributed by atoms with Crippen molar-refractivity contribution >= 4 is 5.97 Å². The second-order valence-corrected chi connectivity index (χ2v) is 6.95. The molecule has 0 aliphatic carbocycles. The number of nitrogens with one attached hydrogen (secondary N) is 1. The number of fused-ring (bicyclic) bond motifs is 1. The molecule has 2 aromatic heterocycles. The first-order valence-corrected chi connectivity index (χ1v) is 9.57. The van der Waals surface area contributed by atoms with E-state index in [1.807, 2.05) is 13.0 Å². The van der Waals surface area contributed by atoms with Gasteiger partial charge < -0.3 is 29.1 Å². The van der Waals surface area contributed by atoms with E-state index in [4.69, 9.17) is 24.4 Å². The average Bonchev–Trinajstić information content (AvgIpc) is 3.43. The number of hydrogen-bond donors (Lipinski definition) is 2. The SMILES string of the molecule is COC(=O)c1ccc(COc2ccc(C3C(C#N)=C(N)Oc4n[nH]c(C)c43)cc2OC)o1. The van der Waals surface area contributed by atoms with Gasteiger partial charge in [-0.25, -0.2) is 4.79 Å². The smallest absolute Gasteiger partial charge is 0.373 e. The molecule has 1 aliphatic rings. The monoisotopic (exact) mass is 436 g/mol. The number of H-pyrrole nitrogens is 1. The van der Waals surface area contributed by atoms with Gasteiger partial charge in [0.2, 0.25) is 17.5 Å². The fraction of sp³-hybridized carbons (Fsp3) is 0.227. The molecule has 0 fully saturated rings. The van der Waals surface area contributed by atoms with Gasteiger partial charge in [0.15, 0.2) is 11.5 Å². The Balaban J connectivity index is 1.63. The van der Waals surface area contributed by atoms with Gasteiger partial charge in [0.05, 0.1) is 20.1 Å². The zero-order valence-electron chi connectivity index (χ0n) is 17.6. The number of carbonyl (C=O) groups excluding carboxylic acids is 1.